The van der Waals surface area contributed by atoms with Crippen LogP contribution in [0.2, 0.25) is 0 Å². The summed E-state index contributed by atoms with van der Waals surface area (Å²) in [6.07, 6.45) is 0. The topological polar surface area (TPSA) is 114 Å². The molecule has 2 aromatic rings. The Morgan fingerprint density at radius 2 is 1.83 bits per heavy atom. The van der Waals surface area contributed by atoms with E-state index in [4.69, 9.17) is 4.74 Å². The Morgan fingerprint density at radius 3 is 2.38 bits per heavy atom. The number of nitro groups is 1. The summed E-state index contributed by atoms with van der Waals surface area (Å²) >= 11 is 0. The van der Waals surface area contributed by atoms with Gasteiger partial charge in [-0.05, 0) is 36.8 Å². The van der Waals surface area contributed by atoms with Crippen molar-refractivity contribution in [2.75, 3.05) is 38.0 Å². The first-order valence-electron chi connectivity index (χ1n) is 8.94. The van der Waals surface area contributed by atoms with E-state index in [1.807, 2.05) is 43.3 Å². The fraction of sp³-hybridized carbons (Fsp3) is 0.368. The minimum Gasteiger partial charge on any atom is -0.383 e. The highest BCUT2D eigenvalue weighted by Gasteiger charge is 2.23. The quantitative estimate of drug-likeness (QED) is 0.447. The van der Waals surface area contributed by atoms with E-state index in [0.29, 0.717) is 6.54 Å². The molecule has 0 aliphatic rings. The molecule has 1 atom stereocenters. The van der Waals surface area contributed by atoms with Crippen LogP contribution in [-0.4, -0.2) is 47.2 Å². The summed E-state index contributed by atoms with van der Waals surface area (Å²) in [5.74, 6) is 0. The van der Waals surface area contributed by atoms with Crippen LogP contribution in [-0.2, 0) is 21.3 Å². The third-order valence-electron chi connectivity index (χ3n) is 4.18. The monoisotopic (exact) mass is 422 g/mol. The number of nitrogens with one attached hydrogen (secondary N) is 2. The number of anilines is 2. The van der Waals surface area contributed by atoms with E-state index >= 15 is 0 Å². The normalized spacial score (nSPS) is 12.4. The molecule has 9 nitrogen and oxygen atoms in total. The number of nitro benzene ring substituents is 1. The number of hydrogen-bond donors (Lipinski definition) is 2. The number of methoxy groups -OCH3 is 1. The molecule has 2 N–H and O–H groups in total. The molecule has 0 saturated carbocycles. The zero-order chi connectivity index (χ0) is 21.6. The Balaban J connectivity index is 2.20. The first-order valence-corrected chi connectivity index (χ1v) is 10.4. The van der Waals surface area contributed by atoms with Gasteiger partial charge in [-0.15, -0.1) is 0 Å². The van der Waals surface area contributed by atoms with Crippen molar-refractivity contribution in [3.05, 3.63) is 58.1 Å². The van der Waals surface area contributed by atoms with Crippen LogP contribution < -0.4 is 14.9 Å². The Kier molecular flexibility index (Phi) is 7.54. The van der Waals surface area contributed by atoms with E-state index in [0.717, 1.165) is 17.3 Å². The molecule has 158 valence electrons. The van der Waals surface area contributed by atoms with Crippen molar-refractivity contribution < 1.29 is 18.1 Å². The van der Waals surface area contributed by atoms with Crippen LogP contribution in [0, 0.1) is 10.1 Å². The van der Waals surface area contributed by atoms with Gasteiger partial charge in [-0.2, -0.15) is 0 Å². The van der Waals surface area contributed by atoms with E-state index in [1.54, 1.807) is 6.92 Å². The summed E-state index contributed by atoms with van der Waals surface area (Å²) in [5.41, 5.74) is 1.92. The van der Waals surface area contributed by atoms with Crippen LogP contribution in [0.1, 0.15) is 12.5 Å². The lowest BCUT2D eigenvalue weighted by Gasteiger charge is -2.14. The Labute approximate surface area is 170 Å². The minimum absolute atomic E-state index is 0.173. The van der Waals surface area contributed by atoms with Crippen molar-refractivity contribution in [1.29, 1.82) is 0 Å². The highest BCUT2D eigenvalue weighted by atomic mass is 32.2. The lowest BCUT2D eigenvalue weighted by atomic mass is 10.2. The maximum atomic E-state index is 12.5. The predicted molar refractivity (Wildman–Crippen MR) is 113 cm³/mol. The molecule has 0 fully saturated rings. The van der Waals surface area contributed by atoms with Crippen molar-refractivity contribution >= 4 is 27.1 Å². The third kappa shape index (κ3) is 6.14. The van der Waals surface area contributed by atoms with Crippen LogP contribution in [0.15, 0.2) is 47.4 Å². The van der Waals surface area contributed by atoms with Gasteiger partial charge in [-0.25, -0.2) is 13.1 Å². The molecule has 0 radical (unpaired) electrons. The molecule has 29 heavy (non-hydrogen) atoms. The number of ether oxygens (including phenoxy) is 1. The van der Waals surface area contributed by atoms with Crippen LogP contribution in [0.25, 0.3) is 0 Å². The van der Waals surface area contributed by atoms with Crippen molar-refractivity contribution in [3.8, 4) is 0 Å². The second-order valence-electron chi connectivity index (χ2n) is 6.83. The van der Waals surface area contributed by atoms with Gasteiger partial charge in [0.15, 0.2) is 0 Å². The Hall–Kier alpha value is -2.69. The standard InChI is InChI=1S/C19H26N4O5S/c1-14(13-28-4)21-29(26,27)17-9-10-18(19(11-17)23(24)25)20-12-15-5-7-16(8-6-15)22(2)3/h5-11,14,20-21H,12-13H2,1-4H3/t14-/m0/s1. The lowest BCUT2D eigenvalue weighted by Crippen LogP contribution is -2.35. The van der Waals surface area contributed by atoms with E-state index in [-0.39, 0.29) is 22.9 Å². The van der Waals surface area contributed by atoms with Crippen molar-refractivity contribution in [1.82, 2.24) is 4.72 Å². The average molecular weight is 423 g/mol. The molecule has 2 rings (SSSR count). The van der Waals surface area contributed by atoms with E-state index in [1.165, 1.54) is 19.2 Å². The van der Waals surface area contributed by atoms with Gasteiger partial charge in [0.25, 0.3) is 5.69 Å². The number of hydrogen-bond acceptors (Lipinski definition) is 7. The fourth-order valence-corrected chi connectivity index (χ4v) is 3.95. The van der Waals surface area contributed by atoms with Crippen LogP contribution in [0.5, 0.6) is 0 Å². The minimum atomic E-state index is -3.90. The molecular formula is C19H26N4O5S. The summed E-state index contributed by atoms with van der Waals surface area (Å²) in [4.78, 5) is 12.7. The maximum Gasteiger partial charge on any atom is 0.293 e. The molecule has 0 amide bonds. The van der Waals surface area contributed by atoms with Gasteiger partial charge in [0.2, 0.25) is 10.0 Å². The second kappa shape index (κ2) is 9.68. The molecule has 0 saturated heterocycles. The Morgan fingerprint density at radius 1 is 1.17 bits per heavy atom. The molecule has 0 spiro atoms. The van der Waals surface area contributed by atoms with Crippen LogP contribution in [0.3, 0.4) is 0 Å². The summed E-state index contributed by atoms with van der Waals surface area (Å²) < 4.78 is 32.3. The summed E-state index contributed by atoms with van der Waals surface area (Å²) in [6, 6.07) is 11.1. The molecule has 0 heterocycles. The van der Waals surface area contributed by atoms with E-state index in [2.05, 4.69) is 10.0 Å². The van der Waals surface area contributed by atoms with Gasteiger partial charge in [0, 0.05) is 45.5 Å². The molecule has 0 aliphatic heterocycles. The second-order valence-corrected chi connectivity index (χ2v) is 8.54. The smallest absolute Gasteiger partial charge is 0.293 e. The summed E-state index contributed by atoms with van der Waals surface area (Å²) in [6.45, 7) is 2.20. The molecule has 2 aromatic carbocycles. The molecule has 0 unspecified atom stereocenters. The lowest BCUT2D eigenvalue weighted by molar-refractivity contribution is -0.384. The molecule has 10 heteroatoms. The third-order valence-corrected chi connectivity index (χ3v) is 5.77. The largest absolute Gasteiger partial charge is 0.383 e. The van der Waals surface area contributed by atoms with Gasteiger partial charge in [0.1, 0.15) is 5.69 Å². The molecule has 0 bridgehead atoms. The van der Waals surface area contributed by atoms with Crippen LogP contribution >= 0.6 is 0 Å². The van der Waals surface area contributed by atoms with Gasteiger partial charge in [-0.3, -0.25) is 10.1 Å². The zero-order valence-corrected chi connectivity index (χ0v) is 17.7. The molecule has 0 aromatic heterocycles. The van der Waals surface area contributed by atoms with Crippen molar-refractivity contribution in [2.24, 2.45) is 0 Å². The zero-order valence-electron chi connectivity index (χ0n) is 16.9. The maximum absolute atomic E-state index is 12.5. The Bertz CT molecular complexity index is 946. The summed E-state index contributed by atoms with van der Waals surface area (Å²) in [7, 11) is 1.44. The van der Waals surface area contributed by atoms with E-state index in [9.17, 15) is 18.5 Å². The molecule has 0 aliphatic carbocycles. The molecular weight excluding hydrogens is 396 g/mol. The SMILES string of the molecule is COC[C@H](C)NS(=O)(=O)c1ccc(NCc2ccc(N(C)C)cc2)c([N+](=O)[O-])c1. The first kappa shape index (κ1) is 22.6. The van der Waals surface area contributed by atoms with Gasteiger partial charge in [0.05, 0.1) is 16.4 Å². The predicted octanol–water partition coefficient (Wildman–Crippen LogP) is 2.59. The number of benzene rings is 2. The first-order chi connectivity index (χ1) is 13.6. The van der Waals surface area contributed by atoms with Gasteiger partial charge in [-0.1, -0.05) is 12.1 Å². The number of sulfonamides is 1. The van der Waals surface area contributed by atoms with Gasteiger partial charge >= 0.3 is 0 Å². The highest BCUT2D eigenvalue weighted by Crippen LogP contribution is 2.28. The van der Waals surface area contributed by atoms with Crippen molar-refractivity contribution in [2.45, 2.75) is 24.4 Å². The fourth-order valence-electron chi connectivity index (χ4n) is 2.71. The van der Waals surface area contributed by atoms with Crippen molar-refractivity contribution in [3.63, 3.8) is 0 Å². The number of nitrogens with zero attached hydrogens (tertiary/aromatic N) is 2. The van der Waals surface area contributed by atoms with E-state index < -0.39 is 21.0 Å². The number of rotatable bonds is 10. The average Bonchev–Trinajstić information content (AvgIpc) is 2.66. The van der Waals surface area contributed by atoms with Gasteiger partial charge < -0.3 is 15.0 Å². The van der Waals surface area contributed by atoms with Crippen LogP contribution in [0.4, 0.5) is 17.1 Å². The summed E-state index contributed by atoms with van der Waals surface area (Å²) in [5, 5.41) is 14.5. The highest BCUT2D eigenvalue weighted by molar-refractivity contribution is 7.89.